The van der Waals surface area contributed by atoms with Crippen molar-refractivity contribution in [2.45, 2.75) is 34.7 Å². The third kappa shape index (κ3) is 9.59. The predicted molar refractivity (Wildman–Crippen MR) is 162 cm³/mol. The Kier molecular flexibility index (Phi) is 11.7. The molecule has 0 aliphatic rings. The molecule has 1 N–H and O–H groups in total. The Morgan fingerprint density at radius 1 is 0.625 bits per heavy atom. The molecule has 0 aliphatic heterocycles. The van der Waals surface area contributed by atoms with Crippen molar-refractivity contribution in [2.24, 2.45) is 0 Å². The van der Waals surface area contributed by atoms with Crippen LogP contribution in [0.2, 0.25) is 0 Å². The Hall–Kier alpha value is -3.52. The Balaban J connectivity index is 1.48. The van der Waals surface area contributed by atoms with Gasteiger partial charge in [0.2, 0.25) is 0 Å². The molecule has 40 heavy (non-hydrogen) atoms. The van der Waals surface area contributed by atoms with E-state index in [4.69, 9.17) is 9.47 Å². The van der Waals surface area contributed by atoms with Gasteiger partial charge in [0, 0.05) is 17.9 Å². The molecule has 0 unspecified atom stereocenters. The van der Waals surface area contributed by atoms with Crippen LogP contribution in [-0.4, -0.2) is 40.4 Å². The van der Waals surface area contributed by atoms with Gasteiger partial charge in [0.05, 0.1) is 15.7 Å². The molecule has 4 aromatic carbocycles. The molecule has 0 saturated heterocycles. The molecule has 206 valence electrons. The van der Waals surface area contributed by atoms with E-state index < -0.39 is 24.1 Å². The van der Waals surface area contributed by atoms with Gasteiger partial charge in [-0.25, -0.2) is 9.59 Å². The van der Waals surface area contributed by atoms with Crippen molar-refractivity contribution in [2.75, 3.05) is 6.61 Å². The van der Waals surface area contributed by atoms with E-state index in [0.29, 0.717) is 17.5 Å². The zero-order chi connectivity index (χ0) is 28.0. The molecule has 0 aliphatic carbocycles. The molecular weight excluding hydrogens is 540 g/mol. The van der Waals surface area contributed by atoms with Crippen molar-refractivity contribution < 1.29 is 24.2 Å². The summed E-state index contributed by atoms with van der Waals surface area (Å²) in [6.45, 7) is -0.292. The van der Waals surface area contributed by atoms with Gasteiger partial charge < -0.3 is 14.6 Å². The topological polar surface area (TPSA) is 72.8 Å². The Morgan fingerprint density at radius 3 is 1.52 bits per heavy atom. The zero-order valence-electron chi connectivity index (χ0n) is 22.0. The number of benzene rings is 4. The van der Waals surface area contributed by atoms with Crippen LogP contribution in [0.15, 0.2) is 121 Å². The molecular formula is C33H32O5S2. The number of carbonyl (C=O) groups excluding carboxylic acids is 2. The molecule has 7 heteroatoms. The molecule has 2 atom stereocenters. The average molecular weight is 573 g/mol. The highest BCUT2D eigenvalue weighted by atomic mass is 32.2. The van der Waals surface area contributed by atoms with Crippen molar-refractivity contribution in [1.82, 2.24) is 0 Å². The zero-order valence-corrected chi connectivity index (χ0v) is 23.6. The molecule has 0 bridgehead atoms. The van der Waals surface area contributed by atoms with Crippen LogP contribution in [0.4, 0.5) is 0 Å². The second-order valence-corrected chi connectivity index (χ2v) is 11.8. The third-order valence-electron chi connectivity index (χ3n) is 6.07. The van der Waals surface area contributed by atoms with Gasteiger partial charge in [-0.15, -0.1) is 23.5 Å². The Labute approximate surface area is 243 Å². The summed E-state index contributed by atoms with van der Waals surface area (Å²) >= 11 is 3.47. The minimum Gasteiger partial charge on any atom is -0.459 e. The van der Waals surface area contributed by atoms with E-state index in [2.05, 4.69) is 24.3 Å². The van der Waals surface area contributed by atoms with E-state index in [1.165, 1.54) is 11.1 Å². The fraction of sp³-hybridized carbons (Fsp3) is 0.212. The minimum atomic E-state index is -1.20. The second kappa shape index (κ2) is 15.9. The smallest absolute Gasteiger partial charge is 0.338 e. The molecule has 0 fully saturated rings. The van der Waals surface area contributed by atoms with E-state index >= 15 is 0 Å². The lowest BCUT2D eigenvalue weighted by atomic mass is 10.1. The Morgan fingerprint density at radius 2 is 1.05 bits per heavy atom. The first-order valence-electron chi connectivity index (χ1n) is 13.1. The second-order valence-electron chi connectivity index (χ2n) is 9.10. The van der Waals surface area contributed by atoms with Gasteiger partial charge in [0.15, 0.2) is 0 Å². The highest BCUT2D eigenvalue weighted by molar-refractivity contribution is 8.16. The summed E-state index contributed by atoms with van der Waals surface area (Å²) in [4.78, 5) is 25.5. The number of rotatable bonds is 14. The first-order chi connectivity index (χ1) is 19.6. The molecule has 0 amide bonds. The monoisotopic (exact) mass is 572 g/mol. The minimum absolute atomic E-state index is 0.00606. The first-order valence-corrected chi connectivity index (χ1v) is 15.2. The van der Waals surface area contributed by atoms with E-state index in [1.807, 2.05) is 48.5 Å². The van der Waals surface area contributed by atoms with Gasteiger partial charge in [0.1, 0.15) is 18.8 Å². The molecule has 0 saturated carbocycles. The summed E-state index contributed by atoms with van der Waals surface area (Å²) in [5, 5.41) is 11.1. The van der Waals surface area contributed by atoms with Crippen LogP contribution in [0, 0.1) is 0 Å². The summed E-state index contributed by atoms with van der Waals surface area (Å²) in [5.41, 5.74) is 3.16. The van der Waals surface area contributed by atoms with E-state index in [0.717, 1.165) is 11.5 Å². The molecule has 0 heterocycles. The van der Waals surface area contributed by atoms with Crippen molar-refractivity contribution in [1.29, 1.82) is 0 Å². The fourth-order valence-electron chi connectivity index (χ4n) is 3.89. The van der Waals surface area contributed by atoms with Gasteiger partial charge >= 0.3 is 11.9 Å². The molecule has 5 nitrogen and oxygen atoms in total. The standard InChI is InChI=1S/C33H32O5S2/c34-29(22-37-32(35)27-17-9-3-10-18-27)30(38-33(36)28-19-11-4-12-20-28)21-31(39-23-25-13-5-1-6-14-25)40-24-26-15-7-2-8-16-26/h1-20,29-31,34H,21-24H2/t29-,30-/m0/s1. The van der Waals surface area contributed by atoms with Crippen LogP contribution in [0.1, 0.15) is 38.3 Å². The van der Waals surface area contributed by atoms with Crippen molar-refractivity contribution in [3.63, 3.8) is 0 Å². The summed E-state index contributed by atoms with van der Waals surface area (Å²) < 4.78 is 11.3. The number of carbonyl (C=O) groups is 2. The lowest BCUT2D eigenvalue weighted by Crippen LogP contribution is -2.37. The lowest BCUT2D eigenvalue weighted by molar-refractivity contribution is -0.0448. The largest absolute Gasteiger partial charge is 0.459 e. The van der Waals surface area contributed by atoms with Crippen molar-refractivity contribution in [3.05, 3.63) is 144 Å². The average Bonchev–Trinajstić information content (AvgIpc) is 3.02. The third-order valence-corrected chi connectivity index (χ3v) is 9.02. The summed E-state index contributed by atoms with van der Waals surface area (Å²) in [6.07, 6.45) is -1.71. The summed E-state index contributed by atoms with van der Waals surface area (Å²) in [6, 6.07) is 37.6. The fourth-order valence-corrected chi connectivity index (χ4v) is 6.48. The van der Waals surface area contributed by atoms with E-state index in [9.17, 15) is 14.7 Å². The van der Waals surface area contributed by atoms with E-state index in [1.54, 1.807) is 72.1 Å². The van der Waals surface area contributed by atoms with Crippen LogP contribution in [-0.2, 0) is 21.0 Å². The number of ether oxygens (including phenoxy) is 2. The predicted octanol–water partition coefficient (Wildman–Crippen LogP) is 7.01. The van der Waals surface area contributed by atoms with Crippen molar-refractivity contribution >= 4 is 35.5 Å². The number of hydrogen-bond acceptors (Lipinski definition) is 7. The van der Waals surface area contributed by atoms with Crippen LogP contribution >= 0.6 is 23.5 Å². The quantitative estimate of drug-likeness (QED) is 0.129. The number of aliphatic hydroxyl groups is 1. The van der Waals surface area contributed by atoms with Crippen molar-refractivity contribution in [3.8, 4) is 0 Å². The number of thioether (sulfide) groups is 2. The molecule has 0 radical (unpaired) electrons. The maximum absolute atomic E-state index is 13.0. The number of esters is 2. The van der Waals surface area contributed by atoms with Crippen LogP contribution in [0.5, 0.6) is 0 Å². The molecule has 0 spiro atoms. The Bertz CT molecular complexity index is 1260. The van der Waals surface area contributed by atoms with Gasteiger partial charge in [-0.1, -0.05) is 97.1 Å². The van der Waals surface area contributed by atoms with Crippen LogP contribution < -0.4 is 0 Å². The molecule has 4 aromatic rings. The van der Waals surface area contributed by atoms with Gasteiger partial charge in [-0.05, 0) is 35.4 Å². The SMILES string of the molecule is O=C(OC[C@H](O)[C@H](CC(SCc1ccccc1)SCc1ccccc1)OC(=O)c1ccccc1)c1ccccc1. The van der Waals surface area contributed by atoms with Gasteiger partial charge in [-0.2, -0.15) is 0 Å². The van der Waals surface area contributed by atoms with E-state index in [-0.39, 0.29) is 11.2 Å². The summed E-state index contributed by atoms with van der Waals surface area (Å²) in [7, 11) is 0. The summed E-state index contributed by atoms with van der Waals surface area (Å²) in [5.74, 6) is 0.470. The normalized spacial score (nSPS) is 12.4. The number of aliphatic hydroxyl groups excluding tert-OH is 1. The maximum atomic E-state index is 13.0. The van der Waals surface area contributed by atoms with Gasteiger partial charge in [-0.3, -0.25) is 0 Å². The number of hydrogen-bond donors (Lipinski definition) is 1. The first kappa shape index (κ1) is 29.5. The molecule has 4 rings (SSSR count). The lowest BCUT2D eigenvalue weighted by Gasteiger charge is -2.27. The molecule has 0 aromatic heterocycles. The maximum Gasteiger partial charge on any atom is 0.338 e. The highest BCUT2D eigenvalue weighted by Gasteiger charge is 2.29. The van der Waals surface area contributed by atoms with Crippen LogP contribution in [0.25, 0.3) is 0 Å². The van der Waals surface area contributed by atoms with Crippen LogP contribution in [0.3, 0.4) is 0 Å². The van der Waals surface area contributed by atoms with Gasteiger partial charge in [0.25, 0.3) is 0 Å². The highest BCUT2D eigenvalue weighted by Crippen LogP contribution is 2.34.